The molecule has 1 unspecified atom stereocenters. The van der Waals surface area contributed by atoms with Gasteiger partial charge in [0.2, 0.25) is 0 Å². The molecule has 8 nitrogen and oxygen atoms in total. The second-order valence-corrected chi connectivity index (χ2v) is 7.67. The molecule has 0 fully saturated rings. The second-order valence-electron chi connectivity index (χ2n) is 7.67. The number of carbonyl (C=O) groups excluding carboxylic acids is 3. The fourth-order valence-corrected chi connectivity index (χ4v) is 3.58. The topological polar surface area (TPSA) is 97.8 Å². The molecule has 0 saturated heterocycles. The van der Waals surface area contributed by atoms with Crippen molar-refractivity contribution in [2.75, 3.05) is 0 Å². The van der Waals surface area contributed by atoms with Crippen molar-refractivity contribution in [1.82, 2.24) is 15.4 Å². The Labute approximate surface area is 191 Å². The van der Waals surface area contributed by atoms with Gasteiger partial charge < -0.3 is 9.47 Å². The van der Waals surface area contributed by atoms with E-state index in [1.165, 1.54) is 19.1 Å². The molecule has 1 aromatic heterocycles. The van der Waals surface area contributed by atoms with Crippen molar-refractivity contribution in [2.45, 2.75) is 33.2 Å². The third-order valence-electron chi connectivity index (χ3n) is 5.12. The summed E-state index contributed by atoms with van der Waals surface area (Å²) < 4.78 is 46.0. The number of amides is 3. The number of imide groups is 1. The van der Waals surface area contributed by atoms with Gasteiger partial charge in [-0.25, -0.2) is 0 Å². The first kappa shape index (κ1) is 23.0. The molecule has 11 heteroatoms. The van der Waals surface area contributed by atoms with Gasteiger partial charge in [-0.05, 0) is 57.2 Å². The number of pyridine rings is 1. The Morgan fingerprint density at radius 3 is 2.26 bits per heavy atom. The second kappa shape index (κ2) is 8.32. The van der Waals surface area contributed by atoms with Crippen LogP contribution in [0.4, 0.5) is 13.2 Å². The molecule has 1 N–H and O–H groups in total. The normalized spacial score (nSPS) is 14.2. The van der Waals surface area contributed by atoms with Gasteiger partial charge in [-0.15, -0.1) is 13.2 Å². The molecule has 2 aromatic carbocycles. The smallest absolute Gasteiger partial charge is 0.481 e. The fraction of sp³-hybridized carbons (Fsp3) is 0.217. The number of halogens is 3. The van der Waals surface area contributed by atoms with E-state index in [0.29, 0.717) is 21.6 Å². The number of alkyl halides is 3. The van der Waals surface area contributed by atoms with Gasteiger partial charge in [0.25, 0.3) is 17.7 Å². The summed E-state index contributed by atoms with van der Waals surface area (Å²) >= 11 is 0. The van der Waals surface area contributed by atoms with Crippen LogP contribution in [0.1, 0.15) is 38.9 Å². The predicted octanol–water partition coefficient (Wildman–Crippen LogP) is 3.84. The molecule has 0 spiro atoms. The lowest BCUT2D eigenvalue weighted by molar-refractivity contribution is -0.274. The lowest BCUT2D eigenvalue weighted by Gasteiger charge is -2.19. The van der Waals surface area contributed by atoms with Crippen molar-refractivity contribution in [1.29, 1.82) is 0 Å². The SMILES string of the molecule is Cc1ccc2nc(C)c3c(c2c1)C(=O)N(NC(=O)C(C)Oc1ccc(OC(F)(F)F)cc1)C3=O. The highest BCUT2D eigenvalue weighted by molar-refractivity contribution is 6.26. The van der Waals surface area contributed by atoms with Crippen LogP contribution in [0, 0.1) is 13.8 Å². The summed E-state index contributed by atoms with van der Waals surface area (Å²) in [6.07, 6.45) is -6.02. The van der Waals surface area contributed by atoms with Crippen LogP contribution in [-0.4, -0.2) is 40.2 Å². The molecule has 2 heterocycles. The maximum absolute atomic E-state index is 13.1. The Morgan fingerprint density at radius 2 is 1.62 bits per heavy atom. The van der Waals surface area contributed by atoms with Gasteiger partial charge in [-0.3, -0.25) is 24.8 Å². The van der Waals surface area contributed by atoms with Crippen molar-refractivity contribution in [2.24, 2.45) is 0 Å². The van der Waals surface area contributed by atoms with Gasteiger partial charge in [0, 0.05) is 5.39 Å². The van der Waals surface area contributed by atoms with Crippen LogP contribution in [0.5, 0.6) is 11.5 Å². The molecule has 0 bridgehead atoms. The van der Waals surface area contributed by atoms with Crippen LogP contribution in [0.25, 0.3) is 10.9 Å². The highest BCUT2D eigenvalue weighted by Crippen LogP contribution is 2.31. The zero-order chi connectivity index (χ0) is 24.8. The molecule has 176 valence electrons. The number of aromatic nitrogens is 1. The Kier molecular flexibility index (Phi) is 5.64. The van der Waals surface area contributed by atoms with Crippen LogP contribution in [0.2, 0.25) is 0 Å². The largest absolute Gasteiger partial charge is 0.573 e. The first-order valence-corrected chi connectivity index (χ1v) is 10.1. The Balaban J connectivity index is 1.50. The molecule has 34 heavy (non-hydrogen) atoms. The molecular formula is C23H18F3N3O5. The zero-order valence-corrected chi connectivity index (χ0v) is 18.2. The monoisotopic (exact) mass is 473 g/mol. The first-order valence-electron chi connectivity index (χ1n) is 10.1. The number of aryl methyl sites for hydroxylation is 2. The predicted molar refractivity (Wildman–Crippen MR) is 113 cm³/mol. The summed E-state index contributed by atoms with van der Waals surface area (Å²) in [6, 6.07) is 9.77. The van der Waals surface area contributed by atoms with Gasteiger partial charge in [0.1, 0.15) is 11.5 Å². The van der Waals surface area contributed by atoms with Gasteiger partial charge in [0.15, 0.2) is 6.10 Å². The van der Waals surface area contributed by atoms with Crippen molar-refractivity contribution < 1.29 is 37.0 Å². The minimum Gasteiger partial charge on any atom is -0.481 e. The molecule has 1 aliphatic heterocycles. The van der Waals surface area contributed by atoms with Gasteiger partial charge in [-0.2, -0.15) is 5.01 Å². The van der Waals surface area contributed by atoms with E-state index in [2.05, 4.69) is 15.1 Å². The summed E-state index contributed by atoms with van der Waals surface area (Å²) in [5.41, 5.74) is 4.30. The Hall–Kier alpha value is -4.15. The maximum atomic E-state index is 13.1. The average Bonchev–Trinajstić information content (AvgIpc) is 3.00. The minimum atomic E-state index is -4.83. The number of hydrogen-bond acceptors (Lipinski definition) is 6. The summed E-state index contributed by atoms with van der Waals surface area (Å²) in [5.74, 6) is -2.59. The number of carbonyl (C=O) groups is 3. The number of rotatable bonds is 5. The third-order valence-corrected chi connectivity index (χ3v) is 5.12. The van der Waals surface area contributed by atoms with Crippen molar-refractivity contribution in [3.05, 3.63) is 64.8 Å². The minimum absolute atomic E-state index is 0.0843. The quantitative estimate of drug-likeness (QED) is 0.566. The number of hydrogen-bond donors (Lipinski definition) is 1. The lowest BCUT2D eigenvalue weighted by Crippen LogP contribution is -2.50. The van der Waals surface area contributed by atoms with Crippen molar-refractivity contribution in [3.63, 3.8) is 0 Å². The van der Waals surface area contributed by atoms with E-state index in [1.54, 1.807) is 19.1 Å². The van der Waals surface area contributed by atoms with E-state index in [0.717, 1.165) is 17.7 Å². The number of fused-ring (bicyclic) bond motifs is 3. The Morgan fingerprint density at radius 1 is 1.00 bits per heavy atom. The summed E-state index contributed by atoms with van der Waals surface area (Å²) in [5, 5.41) is 1.12. The molecule has 0 radical (unpaired) electrons. The number of ether oxygens (including phenoxy) is 2. The number of nitrogens with zero attached hydrogens (tertiary/aromatic N) is 2. The van der Waals surface area contributed by atoms with E-state index < -0.39 is 35.9 Å². The number of benzene rings is 2. The van der Waals surface area contributed by atoms with Gasteiger partial charge in [-0.1, -0.05) is 11.6 Å². The van der Waals surface area contributed by atoms with E-state index >= 15 is 0 Å². The van der Waals surface area contributed by atoms with Crippen LogP contribution in [0.3, 0.4) is 0 Å². The summed E-state index contributed by atoms with van der Waals surface area (Å²) in [7, 11) is 0. The van der Waals surface area contributed by atoms with Crippen molar-refractivity contribution in [3.8, 4) is 11.5 Å². The van der Waals surface area contributed by atoms with Crippen LogP contribution < -0.4 is 14.9 Å². The van der Waals surface area contributed by atoms with E-state index in [1.807, 2.05) is 13.0 Å². The molecule has 1 aliphatic rings. The molecular weight excluding hydrogens is 455 g/mol. The van der Waals surface area contributed by atoms with E-state index in [9.17, 15) is 27.6 Å². The zero-order valence-electron chi connectivity index (χ0n) is 18.2. The molecule has 0 saturated carbocycles. The van der Waals surface area contributed by atoms with Gasteiger partial charge in [0.05, 0.1) is 22.3 Å². The lowest BCUT2D eigenvalue weighted by atomic mass is 10.0. The first-order chi connectivity index (χ1) is 15.9. The van der Waals surface area contributed by atoms with Crippen LogP contribution in [0.15, 0.2) is 42.5 Å². The summed E-state index contributed by atoms with van der Waals surface area (Å²) in [4.78, 5) is 43.0. The number of hydrazine groups is 1. The average molecular weight is 473 g/mol. The number of nitrogens with one attached hydrogen (secondary N) is 1. The maximum Gasteiger partial charge on any atom is 0.573 e. The van der Waals surface area contributed by atoms with Crippen molar-refractivity contribution >= 4 is 28.6 Å². The standard InChI is InChI=1S/C23H18F3N3O5/c1-11-4-9-17-16(10-11)19-18(12(2)27-17)21(31)29(22(19)32)28-20(30)13(3)33-14-5-7-15(8-6-14)34-23(24,25)26/h4-10,13H,1-3H3,(H,28,30). The van der Waals surface area contributed by atoms with E-state index in [-0.39, 0.29) is 16.9 Å². The highest BCUT2D eigenvalue weighted by atomic mass is 19.4. The molecule has 3 amide bonds. The Bertz CT molecular complexity index is 1320. The summed E-state index contributed by atoms with van der Waals surface area (Å²) in [6.45, 7) is 4.80. The molecule has 0 aliphatic carbocycles. The molecule has 4 rings (SSSR count). The third kappa shape index (κ3) is 4.36. The molecule has 3 aromatic rings. The fourth-order valence-electron chi connectivity index (χ4n) is 3.58. The van der Waals surface area contributed by atoms with E-state index in [4.69, 9.17) is 4.74 Å². The van der Waals surface area contributed by atoms with Crippen LogP contribution >= 0.6 is 0 Å². The van der Waals surface area contributed by atoms with Crippen LogP contribution in [-0.2, 0) is 4.79 Å². The highest BCUT2D eigenvalue weighted by Gasteiger charge is 2.41. The molecule has 1 atom stereocenters. The van der Waals surface area contributed by atoms with Gasteiger partial charge >= 0.3 is 6.36 Å².